The lowest BCUT2D eigenvalue weighted by atomic mass is 9.94. The van der Waals surface area contributed by atoms with E-state index in [9.17, 15) is 9.59 Å². The van der Waals surface area contributed by atoms with Crippen molar-refractivity contribution in [2.45, 2.75) is 45.1 Å². The highest BCUT2D eigenvalue weighted by Crippen LogP contribution is 2.28. The summed E-state index contributed by atoms with van der Waals surface area (Å²) in [6.07, 6.45) is 3.43. The van der Waals surface area contributed by atoms with Gasteiger partial charge in [-0.05, 0) is 33.6 Å². The lowest BCUT2D eigenvalue weighted by Gasteiger charge is -2.33. The van der Waals surface area contributed by atoms with E-state index in [1.807, 2.05) is 20.8 Å². The third-order valence-corrected chi connectivity index (χ3v) is 3.73. The van der Waals surface area contributed by atoms with Crippen LogP contribution < -0.4 is 0 Å². The van der Waals surface area contributed by atoms with Gasteiger partial charge >= 0.3 is 6.09 Å². The van der Waals surface area contributed by atoms with E-state index in [0.29, 0.717) is 19.4 Å². The number of nitrogens with zero attached hydrogens (tertiary/aromatic N) is 3. The van der Waals surface area contributed by atoms with Crippen LogP contribution in [0.5, 0.6) is 0 Å². The zero-order valence-electron chi connectivity index (χ0n) is 13.0. The van der Waals surface area contributed by atoms with Crippen LogP contribution >= 0.6 is 11.6 Å². The third kappa shape index (κ3) is 4.16. The summed E-state index contributed by atoms with van der Waals surface area (Å²) in [5, 5.41) is 0.127. The summed E-state index contributed by atoms with van der Waals surface area (Å²) in [5.74, 6) is 0.185. The first-order valence-corrected chi connectivity index (χ1v) is 7.63. The number of amides is 1. The summed E-state index contributed by atoms with van der Waals surface area (Å²) in [4.78, 5) is 32.7. The number of hydrogen-bond donors (Lipinski definition) is 0. The molecule has 1 amide bonds. The van der Waals surface area contributed by atoms with Crippen molar-refractivity contribution in [3.05, 3.63) is 22.7 Å². The molecule has 1 aromatic heterocycles. The van der Waals surface area contributed by atoms with Gasteiger partial charge < -0.3 is 9.64 Å². The third-order valence-electron chi connectivity index (χ3n) is 3.45. The Hall–Kier alpha value is -1.69. The number of carbonyl (C=O) groups excluding carboxylic acids is 2. The summed E-state index contributed by atoms with van der Waals surface area (Å²) < 4.78 is 5.37. The molecule has 1 aliphatic heterocycles. The van der Waals surface area contributed by atoms with E-state index in [0.717, 1.165) is 18.5 Å². The Bertz CT molecular complexity index is 564. The smallest absolute Gasteiger partial charge is 0.410 e. The van der Waals surface area contributed by atoms with Crippen molar-refractivity contribution in [3.63, 3.8) is 0 Å². The van der Waals surface area contributed by atoms with Gasteiger partial charge in [0.05, 0.1) is 5.69 Å². The van der Waals surface area contributed by atoms with Crippen molar-refractivity contribution in [2.75, 3.05) is 13.1 Å². The Labute approximate surface area is 134 Å². The minimum absolute atomic E-state index is 0.127. The molecule has 0 unspecified atom stereocenters. The molecule has 2 heterocycles. The highest BCUT2D eigenvalue weighted by Gasteiger charge is 2.28. The van der Waals surface area contributed by atoms with Gasteiger partial charge in [-0.25, -0.2) is 14.8 Å². The van der Waals surface area contributed by atoms with Crippen LogP contribution in [0.1, 0.15) is 55.7 Å². The zero-order valence-corrected chi connectivity index (χ0v) is 13.8. The molecule has 1 aliphatic rings. The molecular weight excluding hydrogens is 306 g/mol. The number of piperidine rings is 1. The quantitative estimate of drug-likeness (QED) is 0.781. The predicted octanol–water partition coefficient (Wildman–Crippen LogP) is 3.06. The van der Waals surface area contributed by atoms with E-state index in [1.54, 1.807) is 11.1 Å². The van der Waals surface area contributed by atoms with E-state index >= 15 is 0 Å². The number of carbonyl (C=O) groups is 2. The molecular formula is C15H20ClN3O3. The van der Waals surface area contributed by atoms with Crippen LogP contribution in [0.4, 0.5) is 4.79 Å². The molecule has 1 fully saturated rings. The van der Waals surface area contributed by atoms with Gasteiger partial charge in [0, 0.05) is 25.2 Å². The molecule has 0 radical (unpaired) electrons. The number of likely N-dealkylation sites (tertiary alicyclic amines) is 1. The summed E-state index contributed by atoms with van der Waals surface area (Å²) in [6.45, 7) is 6.76. The zero-order chi connectivity index (χ0) is 16.3. The van der Waals surface area contributed by atoms with Crippen molar-refractivity contribution in [1.82, 2.24) is 14.9 Å². The van der Waals surface area contributed by atoms with E-state index in [2.05, 4.69) is 9.97 Å². The minimum Gasteiger partial charge on any atom is -0.444 e. The van der Waals surface area contributed by atoms with Crippen molar-refractivity contribution in [3.8, 4) is 0 Å². The fourth-order valence-electron chi connectivity index (χ4n) is 2.35. The molecule has 0 aliphatic carbocycles. The van der Waals surface area contributed by atoms with Crippen LogP contribution in [0, 0.1) is 0 Å². The number of aldehydes is 1. The molecule has 6 nitrogen and oxygen atoms in total. The maximum Gasteiger partial charge on any atom is 0.410 e. The molecule has 120 valence electrons. The van der Waals surface area contributed by atoms with Crippen molar-refractivity contribution in [1.29, 1.82) is 0 Å². The Balaban J connectivity index is 1.96. The monoisotopic (exact) mass is 325 g/mol. The second-order valence-electron chi connectivity index (χ2n) is 6.33. The fraction of sp³-hybridized carbons (Fsp3) is 0.600. The Morgan fingerprint density at radius 1 is 1.41 bits per heavy atom. The van der Waals surface area contributed by atoms with Gasteiger partial charge in [-0.3, -0.25) is 4.79 Å². The van der Waals surface area contributed by atoms with Gasteiger partial charge in [0.1, 0.15) is 11.3 Å². The van der Waals surface area contributed by atoms with Crippen molar-refractivity contribution < 1.29 is 14.3 Å². The highest BCUT2D eigenvalue weighted by molar-refractivity contribution is 6.31. The number of aromatic nitrogens is 2. The average Bonchev–Trinajstić information content (AvgIpc) is 2.45. The maximum absolute atomic E-state index is 12.0. The van der Waals surface area contributed by atoms with Gasteiger partial charge in [-0.15, -0.1) is 0 Å². The summed E-state index contributed by atoms with van der Waals surface area (Å²) in [6, 6.07) is 0. The van der Waals surface area contributed by atoms with Gasteiger partial charge in [0.2, 0.25) is 0 Å². The molecule has 0 spiro atoms. The fourth-order valence-corrected chi connectivity index (χ4v) is 2.54. The minimum atomic E-state index is -0.488. The first-order valence-electron chi connectivity index (χ1n) is 7.25. The normalized spacial score (nSPS) is 16.5. The van der Waals surface area contributed by atoms with E-state index < -0.39 is 5.60 Å². The van der Waals surface area contributed by atoms with Gasteiger partial charge in [0.15, 0.2) is 11.4 Å². The molecule has 0 N–H and O–H groups in total. The first kappa shape index (κ1) is 16.7. The molecule has 22 heavy (non-hydrogen) atoms. The molecule has 2 rings (SSSR count). The van der Waals surface area contributed by atoms with Gasteiger partial charge in [-0.2, -0.15) is 0 Å². The van der Waals surface area contributed by atoms with Crippen LogP contribution in [0.2, 0.25) is 5.15 Å². The number of halogens is 1. The Morgan fingerprint density at radius 3 is 2.55 bits per heavy atom. The second kappa shape index (κ2) is 6.60. The van der Waals surface area contributed by atoms with E-state index in [-0.39, 0.29) is 22.9 Å². The van der Waals surface area contributed by atoms with E-state index in [1.165, 1.54) is 0 Å². The standard InChI is InChI=1S/C15H20ClN3O3/c1-15(2,3)22-14(21)19-6-4-10(5-7-19)11-8-17-12(9-20)13(16)18-11/h8-10H,4-7H2,1-3H3. The maximum atomic E-state index is 12.0. The topological polar surface area (TPSA) is 72.4 Å². The number of hydrogen-bond acceptors (Lipinski definition) is 5. The van der Waals surface area contributed by atoms with Crippen LogP contribution in [-0.2, 0) is 4.74 Å². The number of rotatable bonds is 2. The van der Waals surface area contributed by atoms with Gasteiger partial charge in [0.25, 0.3) is 0 Å². The molecule has 0 atom stereocenters. The molecule has 1 aromatic rings. The highest BCUT2D eigenvalue weighted by atomic mass is 35.5. The molecule has 7 heteroatoms. The Morgan fingerprint density at radius 2 is 2.05 bits per heavy atom. The van der Waals surface area contributed by atoms with Crippen LogP contribution in [-0.4, -0.2) is 45.9 Å². The van der Waals surface area contributed by atoms with Crippen molar-refractivity contribution in [2.24, 2.45) is 0 Å². The summed E-state index contributed by atoms with van der Waals surface area (Å²) in [5.41, 5.74) is 0.425. The van der Waals surface area contributed by atoms with E-state index in [4.69, 9.17) is 16.3 Å². The predicted molar refractivity (Wildman–Crippen MR) is 82.2 cm³/mol. The Kier molecular flexibility index (Phi) is 5.01. The average molecular weight is 326 g/mol. The first-order chi connectivity index (χ1) is 10.3. The molecule has 1 saturated heterocycles. The van der Waals surface area contributed by atoms with Crippen LogP contribution in [0.25, 0.3) is 0 Å². The lowest BCUT2D eigenvalue weighted by molar-refractivity contribution is 0.0204. The van der Waals surface area contributed by atoms with Gasteiger partial charge in [-0.1, -0.05) is 11.6 Å². The largest absolute Gasteiger partial charge is 0.444 e. The van der Waals surface area contributed by atoms with Crippen LogP contribution in [0.15, 0.2) is 6.20 Å². The van der Waals surface area contributed by atoms with Crippen molar-refractivity contribution >= 4 is 24.0 Å². The SMILES string of the molecule is CC(C)(C)OC(=O)N1CCC(c2cnc(C=O)c(Cl)n2)CC1. The summed E-state index contributed by atoms with van der Waals surface area (Å²) in [7, 11) is 0. The molecule has 0 aromatic carbocycles. The summed E-state index contributed by atoms with van der Waals surface area (Å²) >= 11 is 5.91. The number of ether oxygens (including phenoxy) is 1. The van der Waals surface area contributed by atoms with Crippen LogP contribution in [0.3, 0.4) is 0 Å². The molecule has 0 saturated carbocycles. The second-order valence-corrected chi connectivity index (χ2v) is 6.69. The lowest BCUT2D eigenvalue weighted by Crippen LogP contribution is -2.41. The molecule has 0 bridgehead atoms.